The van der Waals surface area contributed by atoms with Crippen molar-refractivity contribution in [3.63, 3.8) is 0 Å². The Morgan fingerprint density at radius 2 is 1.88 bits per heavy atom. The van der Waals surface area contributed by atoms with Crippen molar-refractivity contribution in [3.05, 3.63) is 65.5 Å². The van der Waals surface area contributed by atoms with Gasteiger partial charge in [0.05, 0.1) is 0 Å². The van der Waals surface area contributed by atoms with E-state index in [4.69, 9.17) is 0 Å². The highest BCUT2D eigenvalue weighted by Crippen LogP contribution is 2.35. The maximum absolute atomic E-state index is 12.9. The molecule has 1 aromatic carbocycles. The number of nitrogens with zero attached hydrogens (tertiary/aromatic N) is 3. The normalized spacial score (nSPS) is 20.6. The van der Waals surface area contributed by atoms with Crippen LogP contribution in [0.1, 0.15) is 41.9 Å². The minimum atomic E-state index is 0.331. The molecule has 1 unspecified atom stereocenters. The summed E-state index contributed by atoms with van der Waals surface area (Å²) in [5, 5.41) is 0. The third kappa shape index (κ3) is 3.96. The van der Waals surface area contributed by atoms with Gasteiger partial charge in [0, 0.05) is 51.5 Å². The lowest BCUT2D eigenvalue weighted by atomic mass is 9.97. The van der Waals surface area contributed by atoms with E-state index in [1.54, 1.807) is 0 Å². The number of amides is 1. The minimum Gasteiger partial charge on any atom is -0.341 e. The van der Waals surface area contributed by atoms with Gasteiger partial charge in [-0.05, 0) is 54.0 Å². The first-order chi connectivity index (χ1) is 12.8. The fourth-order valence-electron chi connectivity index (χ4n) is 4.32. The SMILES string of the molecule is O=C(CC1CCc2ccccc21)N1CCCN(Cc2ccncc2)CC1. The second-order valence-electron chi connectivity index (χ2n) is 7.50. The average Bonchev–Trinajstić information content (AvgIpc) is 2.92. The van der Waals surface area contributed by atoms with Gasteiger partial charge in [-0.3, -0.25) is 14.7 Å². The molecule has 1 aliphatic carbocycles. The van der Waals surface area contributed by atoms with Crippen LogP contribution in [0.2, 0.25) is 0 Å². The summed E-state index contributed by atoms with van der Waals surface area (Å²) < 4.78 is 0. The molecule has 4 rings (SSSR count). The first-order valence-electron chi connectivity index (χ1n) is 9.76. The molecule has 1 fully saturated rings. The van der Waals surface area contributed by atoms with Gasteiger partial charge in [0.25, 0.3) is 0 Å². The van der Waals surface area contributed by atoms with Crippen LogP contribution in [0.5, 0.6) is 0 Å². The molecule has 1 amide bonds. The van der Waals surface area contributed by atoms with E-state index >= 15 is 0 Å². The molecular weight excluding hydrogens is 322 g/mol. The summed E-state index contributed by atoms with van der Waals surface area (Å²) in [4.78, 5) is 21.5. The van der Waals surface area contributed by atoms with Crippen molar-refractivity contribution in [1.82, 2.24) is 14.8 Å². The molecule has 1 saturated heterocycles. The molecule has 2 aliphatic rings. The molecule has 2 heterocycles. The minimum absolute atomic E-state index is 0.331. The zero-order valence-electron chi connectivity index (χ0n) is 15.3. The van der Waals surface area contributed by atoms with Crippen LogP contribution < -0.4 is 0 Å². The standard InChI is InChI=1S/C22H27N3O/c26-22(16-20-7-6-19-4-1-2-5-21(19)20)25-13-3-12-24(14-15-25)17-18-8-10-23-11-9-18/h1-2,4-5,8-11,20H,3,6-7,12-17H2. The quantitative estimate of drug-likeness (QED) is 0.850. The number of benzene rings is 1. The highest BCUT2D eigenvalue weighted by atomic mass is 16.2. The summed E-state index contributed by atoms with van der Waals surface area (Å²) in [6.45, 7) is 4.69. The van der Waals surface area contributed by atoms with E-state index in [1.165, 1.54) is 16.7 Å². The van der Waals surface area contributed by atoms with Crippen LogP contribution in [-0.4, -0.2) is 46.9 Å². The molecule has 0 N–H and O–H groups in total. The molecule has 0 spiro atoms. The van der Waals surface area contributed by atoms with Crippen molar-refractivity contribution in [1.29, 1.82) is 0 Å². The summed E-state index contributed by atoms with van der Waals surface area (Å²) in [7, 11) is 0. The molecule has 1 aliphatic heterocycles. The lowest BCUT2D eigenvalue weighted by molar-refractivity contribution is -0.131. The van der Waals surface area contributed by atoms with Gasteiger partial charge >= 0.3 is 0 Å². The summed E-state index contributed by atoms with van der Waals surface area (Å²) in [5.41, 5.74) is 4.13. The predicted molar refractivity (Wildman–Crippen MR) is 103 cm³/mol. The number of hydrogen-bond donors (Lipinski definition) is 0. The third-order valence-electron chi connectivity index (χ3n) is 5.77. The molecule has 0 saturated carbocycles. The largest absolute Gasteiger partial charge is 0.341 e. The Bertz CT molecular complexity index is 746. The Labute approximate surface area is 155 Å². The third-order valence-corrected chi connectivity index (χ3v) is 5.77. The van der Waals surface area contributed by atoms with Crippen LogP contribution in [0.3, 0.4) is 0 Å². The van der Waals surface area contributed by atoms with E-state index in [0.29, 0.717) is 18.2 Å². The van der Waals surface area contributed by atoms with Gasteiger partial charge < -0.3 is 4.90 Å². The van der Waals surface area contributed by atoms with E-state index < -0.39 is 0 Å². The van der Waals surface area contributed by atoms with Crippen LogP contribution >= 0.6 is 0 Å². The summed E-state index contributed by atoms with van der Waals surface area (Å²) >= 11 is 0. The van der Waals surface area contributed by atoms with Gasteiger partial charge in [-0.25, -0.2) is 0 Å². The van der Waals surface area contributed by atoms with Crippen molar-refractivity contribution in [2.75, 3.05) is 26.2 Å². The zero-order valence-corrected chi connectivity index (χ0v) is 15.3. The van der Waals surface area contributed by atoms with Crippen LogP contribution in [-0.2, 0) is 17.8 Å². The number of pyridine rings is 1. The molecule has 26 heavy (non-hydrogen) atoms. The van der Waals surface area contributed by atoms with Gasteiger partial charge in [-0.1, -0.05) is 24.3 Å². The molecule has 0 bridgehead atoms. The topological polar surface area (TPSA) is 36.4 Å². The van der Waals surface area contributed by atoms with Gasteiger partial charge in [0.1, 0.15) is 0 Å². The molecule has 0 radical (unpaired) electrons. The molecule has 4 nitrogen and oxygen atoms in total. The number of fused-ring (bicyclic) bond motifs is 1. The van der Waals surface area contributed by atoms with Gasteiger partial charge in [0.2, 0.25) is 5.91 Å². The van der Waals surface area contributed by atoms with Gasteiger partial charge in [-0.2, -0.15) is 0 Å². The van der Waals surface area contributed by atoms with E-state index in [2.05, 4.69) is 51.2 Å². The molecule has 4 heteroatoms. The van der Waals surface area contributed by atoms with Crippen molar-refractivity contribution in [2.45, 2.75) is 38.1 Å². The van der Waals surface area contributed by atoms with Crippen molar-refractivity contribution >= 4 is 5.91 Å². The molecular formula is C22H27N3O. The number of hydrogen-bond acceptors (Lipinski definition) is 3. The van der Waals surface area contributed by atoms with Crippen LogP contribution in [0.25, 0.3) is 0 Å². The Morgan fingerprint density at radius 1 is 1.04 bits per heavy atom. The Balaban J connectivity index is 1.32. The lowest BCUT2D eigenvalue weighted by Crippen LogP contribution is -2.35. The number of aryl methyl sites for hydroxylation is 1. The highest BCUT2D eigenvalue weighted by Gasteiger charge is 2.27. The Hall–Kier alpha value is -2.20. The molecule has 2 aromatic rings. The van der Waals surface area contributed by atoms with E-state index in [1.807, 2.05) is 12.4 Å². The van der Waals surface area contributed by atoms with Crippen molar-refractivity contribution < 1.29 is 4.79 Å². The van der Waals surface area contributed by atoms with Gasteiger partial charge in [0.15, 0.2) is 0 Å². The van der Waals surface area contributed by atoms with Gasteiger partial charge in [-0.15, -0.1) is 0 Å². The highest BCUT2D eigenvalue weighted by molar-refractivity contribution is 5.77. The predicted octanol–water partition coefficient (Wildman–Crippen LogP) is 3.24. The number of rotatable bonds is 4. The first kappa shape index (κ1) is 17.2. The Kier molecular flexibility index (Phi) is 5.30. The Morgan fingerprint density at radius 3 is 2.77 bits per heavy atom. The summed E-state index contributed by atoms with van der Waals surface area (Å²) in [5.74, 6) is 0.743. The fraction of sp³-hybridized carbons (Fsp3) is 0.455. The monoisotopic (exact) mass is 349 g/mol. The smallest absolute Gasteiger partial charge is 0.223 e. The van der Waals surface area contributed by atoms with Crippen LogP contribution in [0, 0.1) is 0 Å². The first-order valence-corrected chi connectivity index (χ1v) is 9.76. The van der Waals surface area contributed by atoms with Crippen molar-refractivity contribution in [2.24, 2.45) is 0 Å². The lowest BCUT2D eigenvalue weighted by Gasteiger charge is -2.23. The summed E-state index contributed by atoms with van der Waals surface area (Å²) in [6, 6.07) is 12.8. The summed E-state index contributed by atoms with van der Waals surface area (Å²) in [6.07, 6.45) is 7.66. The number of carbonyl (C=O) groups is 1. The maximum Gasteiger partial charge on any atom is 0.223 e. The molecule has 1 atom stereocenters. The molecule has 136 valence electrons. The fourth-order valence-corrected chi connectivity index (χ4v) is 4.32. The average molecular weight is 349 g/mol. The van der Waals surface area contributed by atoms with E-state index in [-0.39, 0.29) is 0 Å². The van der Waals surface area contributed by atoms with Crippen LogP contribution in [0.4, 0.5) is 0 Å². The number of carbonyl (C=O) groups excluding carboxylic acids is 1. The second-order valence-corrected chi connectivity index (χ2v) is 7.50. The van der Waals surface area contributed by atoms with Crippen LogP contribution in [0.15, 0.2) is 48.8 Å². The van der Waals surface area contributed by atoms with Crippen molar-refractivity contribution in [3.8, 4) is 0 Å². The molecule has 1 aromatic heterocycles. The van der Waals surface area contributed by atoms with E-state index in [9.17, 15) is 4.79 Å². The van der Waals surface area contributed by atoms with E-state index in [0.717, 1.165) is 52.0 Å². The zero-order chi connectivity index (χ0) is 17.8. The maximum atomic E-state index is 12.9. The second kappa shape index (κ2) is 8.00. The number of aromatic nitrogens is 1.